The average Bonchev–Trinajstić information content (AvgIpc) is 2.54. The van der Waals surface area contributed by atoms with Crippen LogP contribution in [0.2, 0.25) is 0 Å². The molecular weight excluding hydrogens is 272 g/mol. The lowest BCUT2D eigenvalue weighted by Crippen LogP contribution is -2.43. The molecule has 2 rings (SSSR count). The highest BCUT2D eigenvalue weighted by Gasteiger charge is 2.20. The Labute approximate surface area is 123 Å². The van der Waals surface area contributed by atoms with E-state index in [0.29, 0.717) is 11.4 Å². The molecule has 1 aliphatic heterocycles. The quantitative estimate of drug-likeness (QED) is 0.800. The van der Waals surface area contributed by atoms with Crippen LogP contribution in [0.25, 0.3) is 0 Å². The number of carbonyl (C=O) groups is 2. The first kappa shape index (κ1) is 15.3. The number of nitrogens with one attached hydrogen (secondary N) is 2. The minimum atomic E-state index is -0.434. The normalized spacial score (nSPS) is 17.9. The zero-order valence-corrected chi connectivity index (χ0v) is 12.1. The van der Waals surface area contributed by atoms with E-state index in [1.165, 1.54) is 7.11 Å². The van der Waals surface area contributed by atoms with Gasteiger partial charge in [0.25, 0.3) is 0 Å². The number of anilines is 1. The SMILES string of the molecule is COC(=O)COc1ccc(NC(=O)[C@@H]2CCCCN2)cc1. The van der Waals surface area contributed by atoms with Crippen LogP contribution in [0.4, 0.5) is 5.69 Å². The highest BCUT2D eigenvalue weighted by molar-refractivity contribution is 5.94. The van der Waals surface area contributed by atoms with Crippen molar-refractivity contribution in [3.05, 3.63) is 24.3 Å². The van der Waals surface area contributed by atoms with E-state index < -0.39 is 5.97 Å². The Kier molecular flexibility index (Phi) is 5.57. The Balaban J connectivity index is 1.84. The number of methoxy groups -OCH3 is 1. The molecule has 1 atom stereocenters. The number of ether oxygens (including phenoxy) is 2. The highest BCUT2D eigenvalue weighted by atomic mass is 16.6. The lowest BCUT2D eigenvalue weighted by molar-refractivity contribution is -0.142. The van der Waals surface area contributed by atoms with Crippen LogP contribution in [0.1, 0.15) is 19.3 Å². The topological polar surface area (TPSA) is 76.7 Å². The van der Waals surface area contributed by atoms with Crippen LogP contribution in [-0.2, 0) is 14.3 Å². The Bertz CT molecular complexity index is 481. The summed E-state index contributed by atoms with van der Waals surface area (Å²) in [6, 6.07) is 6.77. The molecule has 0 saturated carbocycles. The number of hydrogen-bond donors (Lipinski definition) is 2. The Morgan fingerprint density at radius 1 is 1.29 bits per heavy atom. The van der Waals surface area contributed by atoms with Crippen molar-refractivity contribution < 1.29 is 19.1 Å². The van der Waals surface area contributed by atoms with Gasteiger partial charge in [-0.2, -0.15) is 0 Å². The maximum absolute atomic E-state index is 12.0. The largest absolute Gasteiger partial charge is 0.482 e. The molecule has 1 amide bonds. The summed E-state index contributed by atoms with van der Waals surface area (Å²) >= 11 is 0. The average molecular weight is 292 g/mol. The molecule has 1 fully saturated rings. The number of benzene rings is 1. The van der Waals surface area contributed by atoms with Crippen LogP contribution < -0.4 is 15.4 Å². The second kappa shape index (κ2) is 7.64. The molecule has 0 aromatic heterocycles. The molecule has 1 aromatic rings. The van der Waals surface area contributed by atoms with Crippen LogP contribution in [0, 0.1) is 0 Å². The van der Waals surface area contributed by atoms with Gasteiger partial charge in [0.15, 0.2) is 6.61 Å². The molecule has 2 N–H and O–H groups in total. The summed E-state index contributed by atoms with van der Waals surface area (Å²) in [6.07, 6.45) is 3.06. The fraction of sp³-hybridized carbons (Fsp3) is 0.467. The summed E-state index contributed by atoms with van der Waals surface area (Å²) in [4.78, 5) is 23.0. The van der Waals surface area contributed by atoms with E-state index in [1.54, 1.807) is 24.3 Å². The summed E-state index contributed by atoms with van der Waals surface area (Å²) in [6.45, 7) is 0.757. The Morgan fingerprint density at radius 2 is 2.05 bits per heavy atom. The van der Waals surface area contributed by atoms with Crippen LogP contribution >= 0.6 is 0 Å². The predicted octanol–water partition coefficient (Wildman–Crippen LogP) is 1.32. The number of piperidine rings is 1. The van der Waals surface area contributed by atoms with Gasteiger partial charge in [-0.1, -0.05) is 6.42 Å². The van der Waals surface area contributed by atoms with Crippen LogP contribution in [-0.4, -0.2) is 38.2 Å². The molecule has 0 unspecified atom stereocenters. The molecule has 1 heterocycles. The number of carbonyl (C=O) groups excluding carboxylic acids is 2. The summed E-state index contributed by atoms with van der Waals surface area (Å²) < 4.78 is 9.72. The summed E-state index contributed by atoms with van der Waals surface area (Å²) in [5.74, 6) is 0.0999. The fourth-order valence-electron chi connectivity index (χ4n) is 2.14. The van der Waals surface area contributed by atoms with Crippen molar-refractivity contribution in [2.75, 3.05) is 25.6 Å². The second-order valence-corrected chi connectivity index (χ2v) is 4.88. The third kappa shape index (κ3) is 4.75. The van der Waals surface area contributed by atoms with Gasteiger partial charge in [0, 0.05) is 5.69 Å². The lowest BCUT2D eigenvalue weighted by atomic mass is 10.0. The standard InChI is InChI=1S/C15H20N2O4/c1-20-14(18)10-21-12-7-5-11(6-8-12)17-15(19)13-4-2-3-9-16-13/h5-8,13,16H,2-4,9-10H2,1H3,(H,17,19)/t13-/m0/s1. The van der Waals surface area contributed by atoms with Crippen molar-refractivity contribution in [1.82, 2.24) is 5.32 Å². The van der Waals surface area contributed by atoms with Gasteiger partial charge in [-0.15, -0.1) is 0 Å². The third-order valence-electron chi connectivity index (χ3n) is 3.33. The van der Waals surface area contributed by atoms with Gasteiger partial charge in [0.2, 0.25) is 5.91 Å². The van der Waals surface area contributed by atoms with E-state index in [1.807, 2.05) is 0 Å². The van der Waals surface area contributed by atoms with Gasteiger partial charge in [0.05, 0.1) is 13.2 Å². The molecule has 6 nitrogen and oxygen atoms in total. The van der Waals surface area contributed by atoms with Crippen molar-refractivity contribution in [1.29, 1.82) is 0 Å². The fourth-order valence-corrected chi connectivity index (χ4v) is 2.14. The van der Waals surface area contributed by atoms with Gasteiger partial charge < -0.3 is 20.1 Å². The molecule has 6 heteroatoms. The minimum Gasteiger partial charge on any atom is -0.482 e. The molecule has 1 aromatic carbocycles. The molecule has 0 aliphatic carbocycles. The molecule has 1 aliphatic rings. The second-order valence-electron chi connectivity index (χ2n) is 4.88. The summed E-state index contributed by atoms with van der Waals surface area (Å²) in [5.41, 5.74) is 0.706. The number of esters is 1. The molecule has 0 bridgehead atoms. The zero-order chi connectivity index (χ0) is 15.1. The van der Waals surface area contributed by atoms with Crippen molar-refractivity contribution in [2.24, 2.45) is 0 Å². The third-order valence-corrected chi connectivity index (χ3v) is 3.33. The maximum Gasteiger partial charge on any atom is 0.343 e. The summed E-state index contributed by atoms with van der Waals surface area (Å²) in [5, 5.41) is 6.07. The molecule has 21 heavy (non-hydrogen) atoms. The van der Waals surface area contributed by atoms with Gasteiger partial charge in [0.1, 0.15) is 5.75 Å². The molecule has 0 spiro atoms. The first-order chi connectivity index (χ1) is 10.2. The zero-order valence-electron chi connectivity index (χ0n) is 12.1. The van der Waals surface area contributed by atoms with E-state index in [9.17, 15) is 9.59 Å². The minimum absolute atomic E-state index is 0.0158. The number of rotatable bonds is 5. The lowest BCUT2D eigenvalue weighted by Gasteiger charge is -2.22. The predicted molar refractivity (Wildman–Crippen MR) is 78.2 cm³/mol. The van der Waals surface area contributed by atoms with Crippen molar-refractivity contribution in [3.63, 3.8) is 0 Å². The van der Waals surface area contributed by atoms with E-state index in [0.717, 1.165) is 25.8 Å². The Morgan fingerprint density at radius 3 is 2.67 bits per heavy atom. The van der Waals surface area contributed by atoms with Crippen molar-refractivity contribution in [3.8, 4) is 5.75 Å². The molecular formula is C15H20N2O4. The van der Waals surface area contributed by atoms with Gasteiger partial charge in [-0.05, 0) is 43.7 Å². The van der Waals surface area contributed by atoms with Gasteiger partial charge in [-0.25, -0.2) is 4.79 Å². The van der Waals surface area contributed by atoms with Crippen LogP contribution in [0.3, 0.4) is 0 Å². The maximum atomic E-state index is 12.0. The smallest absolute Gasteiger partial charge is 0.343 e. The van der Waals surface area contributed by atoms with Crippen molar-refractivity contribution >= 4 is 17.6 Å². The molecule has 114 valence electrons. The van der Waals surface area contributed by atoms with Crippen LogP contribution in [0.15, 0.2) is 24.3 Å². The van der Waals surface area contributed by atoms with Gasteiger partial charge in [-0.3, -0.25) is 4.79 Å². The van der Waals surface area contributed by atoms with E-state index in [-0.39, 0.29) is 18.6 Å². The summed E-state index contributed by atoms with van der Waals surface area (Å²) in [7, 11) is 1.31. The number of hydrogen-bond acceptors (Lipinski definition) is 5. The Hall–Kier alpha value is -2.08. The van der Waals surface area contributed by atoms with E-state index in [2.05, 4.69) is 15.4 Å². The number of amides is 1. The van der Waals surface area contributed by atoms with E-state index >= 15 is 0 Å². The first-order valence-corrected chi connectivity index (χ1v) is 7.03. The van der Waals surface area contributed by atoms with E-state index in [4.69, 9.17) is 4.74 Å². The monoisotopic (exact) mass is 292 g/mol. The highest BCUT2D eigenvalue weighted by Crippen LogP contribution is 2.17. The first-order valence-electron chi connectivity index (χ1n) is 7.03. The van der Waals surface area contributed by atoms with Crippen molar-refractivity contribution in [2.45, 2.75) is 25.3 Å². The molecule has 1 saturated heterocycles. The van der Waals surface area contributed by atoms with Crippen LogP contribution in [0.5, 0.6) is 5.75 Å². The molecule has 0 radical (unpaired) electrons. The van der Waals surface area contributed by atoms with Gasteiger partial charge >= 0.3 is 5.97 Å².